The molecule has 0 heterocycles. The van der Waals surface area contributed by atoms with E-state index in [-0.39, 0.29) is 6.42 Å². The Balaban J connectivity index is 3.64. The van der Waals surface area contributed by atoms with Crippen LogP contribution in [0.5, 0.6) is 0 Å². The highest BCUT2D eigenvalue weighted by Gasteiger charge is 2.23. The van der Waals surface area contributed by atoms with E-state index < -0.39 is 30.4 Å². The molecule has 4 unspecified atom stereocenters. The highest BCUT2D eigenvalue weighted by Crippen LogP contribution is 2.16. The monoisotopic (exact) mass is 654 g/mol. The second-order valence-electron chi connectivity index (χ2n) is 14.0. The molecule has 0 aromatic carbocycles. The largest absolute Gasteiger partial charge is 0.390 e. The van der Waals surface area contributed by atoms with E-state index in [1.807, 2.05) is 0 Å². The van der Waals surface area contributed by atoms with Crippen molar-refractivity contribution in [3.05, 3.63) is 12.2 Å². The number of nitrogens with one attached hydrogen (secondary N) is 1. The van der Waals surface area contributed by atoms with E-state index in [0.29, 0.717) is 12.8 Å². The van der Waals surface area contributed by atoms with Crippen molar-refractivity contribution in [3.63, 3.8) is 0 Å². The molecular weight excluding hydrogens is 574 g/mol. The average Bonchev–Trinajstić information content (AvgIpc) is 3.04. The molecular formula is C40H79NO5. The van der Waals surface area contributed by atoms with Crippen molar-refractivity contribution in [2.75, 3.05) is 0 Å². The molecule has 274 valence electrons. The molecule has 0 saturated carbocycles. The Bertz CT molecular complexity index is 658. The summed E-state index contributed by atoms with van der Waals surface area (Å²) in [6.07, 6.45) is 35.7. The minimum Gasteiger partial charge on any atom is -0.390 e. The number of hydrogen-bond donors (Lipinski definition) is 5. The quantitative estimate of drug-likeness (QED) is 0.0263. The van der Waals surface area contributed by atoms with Crippen LogP contribution in [0.3, 0.4) is 0 Å². The van der Waals surface area contributed by atoms with Gasteiger partial charge in [0.25, 0.3) is 5.91 Å². The van der Waals surface area contributed by atoms with E-state index in [1.165, 1.54) is 141 Å². The Morgan fingerprint density at radius 3 is 1.28 bits per heavy atom. The van der Waals surface area contributed by atoms with Gasteiger partial charge in [-0.3, -0.25) is 4.79 Å². The third kappa shape index (κ3) is 31.6. The molecule has 1 amide bonds. The van der Waals surface area contributed by atoms with Gasteiger partial charge in [-0.1, -0.05) is 180 Å². The first-order valence-corrected chi connectivity index (χ1v) is 20.1. The van der Waals surface area contributed by atoms with Crippen LogP contribution in [0.2, 0.25) is 0 Å². The van der Waals surface area contributed by atoms with Crippen molar-refractivity contribution in [1.82, 2.24) is 5.32 Å². The summed E-state index contributed by atoms with van der Waals surface area (Å²) < 4.78 is 0. The predicted molar refractivity (Wildman–Crippen MR) is 196 cm³/mol. The lowest BCUT2D eigenvalue weighted by Crippen LogP contribution is -2.44. The van der Waals surface area contributed by atoms with Crippen LogP contribution < -0.4 is 5.32 Å². The lowest BCUT2D eigenvalue weighted by molar-refractivity contribution is -0.133. The number of carbonyl (C=O) groups is 1. The lowest BCUT2D eigenvalue weighted by Gasteiger charge is -2.22. The number of aliphatic hydroxyl groups excluding tert-OH is 4. The van der Waals surface area contributed by atoms with Crippen LogP contribution in [-0.4, -0.2) is 50.9 Å². The van der Waals surface area contributed by atoms with Crippen LogP contribution in [0.25, 0.3) is 0 Å². The molecule has 4 atom stereocenters. The van der Waals surface area contributed by atoms with Crippen LogP contribution in [0.15, 0.2) is 12.2 Å². The Hall–Kier alpha value is -0.950. The van der Waals surface area contributed by atoms with Gasteiger partial charge in [0.15, 0.2) is 0 Å². The van der Waals surface area contributed by atoms with Gasteiger partial charge in [-0.25, -0.2) is 0 Å². The van der Waals surface area contributed by atoms with E-state index in [4.69, 9.17) is 0 Å². The SMILES string of the molecule is CCCCCCCCCC=CCCCC(O)C(O)CC(O)NC(=O)C(O)CCCCCCCCCCCCCCCCCCCC. The minimum atomic E-state index is -1.30. The summed E-state index contributed by atoms with van der Waals surface area (Å²) >= 11 is 0. The summed E-state index contributed by atoms with van der Waals surface area (Å²) in [5.74, 6) is -0.618. The number of aliphatic hydroxyl groups is 4. The van der Waals surface area contributed by atoms with Crippen molar-refractivity contribution < 1.29 is 25.2 Å². The zero-order valence-corrected chi connectivity index (χ0v) is 30.6. The second-order valence-corrected chi connectivity index (χ2v) is 14.0. The van der Waals surface area contributed by atoms with Crippen LogP contribution in [0.1, 0.15) is 213 Å². The molecule has 0 aliphatic rings. The van der Waals surface area contributed by atoms with Crippen molar-refractivity contribution in [2.45, 2.75) is 237 Å². The summed E-state index contributed by atoms with van der Waals surface area (Å²) in [5.41, 5.74) is 0. The molecule has 0 aromatic rings. The third-order valence-corrected chi connectivity index (χ3v) is 9.36. The topological polar surface area (TPSA) is 110 Å². The lowest BCUT2D eigenvalue weighted by atomic mass is 10.0. The smallest absolute Gasteiger partial charge is 0.250 e. The van der Waals surface area contributed by atoms with Gasteiger partial charge in [0.1, 0.15) is 12.3 Å². The maximum atomic E-state index is 12.2. The van der Waals surface area contributed by atoms with Crippen LogP contribution >= 0.6 is 0 Å². The minimum absolute atomic E-state index is 0.160. The summed E-state index contributed by atoms with van der Waals surface area (Å²) in [7, 11) is 0. The number of allylic oxidation sites excluding steroid dienone is 2. The predicted octanol–water partition coefficient (Wildman–Crippen LogP) is 10.2. The Labute approximate surface area is 285 Å². The van der Waals surface area contributed by atoms with Crippen LogP contribution in [0.4, 0.5) is 0 Å². The first kappa shape index (κ1) is 45.0. The first-order chi connectivity index (χ1) is 22.4. The Kier molecular flexibility index (Phi) is 34.6. The normalized spacial score (nSPS) is 14.5. The highest BCUT2D eigenvalue weighted by atomic mass is 16.3. The number of amides is 1. The van der Waals surface area contributed by atoms with E-state index >= 15 is 0 Å². The molecule has 46 heavy (non-hydrogen) atoms. The van der Waals surface area contributed by atoms with Gasteiger partial charge in [0, 0.05) is 6.42 Å². The van der Waals surface area contributed by atoms with Crippen LogP contribution in [0, 0.1) is 0 Å². The molecule has 0 saturated heterocycles. The zero-order chi connectivity index (χ0) is 33.9. The van der Waals surface area contributed by atoms with Gasteiger partial charge in [-0.2, -0.15) is 0 Å². The van der Waals surface area contributed by atoms with Crippen LogP contribution in [-0.2, 0) is 4.79 Å². The first-order valence-electron chi connectivity index (χ1n) is 20.1. The van der Waals surface area contributed by atoms with Crippen molar-refractivity contribution in [3.8, 4) is 0 Å². The third-order valence-electron chi connectivity index (χ3n) is 9.36. The standard InChI is InChI=1S/C40H79NO5/c1-3-5-7-9-11-13-15-17-18-19-20-21-22-24-26-28-30-32-34-37(43)40(46)41-39(45)35-38(44)36(42)33-31-29-27-25-23-16-14-12-10-8-6-4-2/h25,27,36-39,42-45H,3-24,26,28-35H2,1-2H3,(H,41,46). The number of hydrogen-bond acceptors (Lipinski definition) is 5. The molecule has 6 nitrogen and oxygen atoms in total. The molecule has 0 aliphatic heterocycles. The molecule has 0 bridgehead atoms. The molecule has 0 fully saturated rings. The van der Waals surface area contributed by atoms with E-state index in [2.05, 4.69) is 31.3 Å². The van der Waals surface area contributed by atoms with E-state index in [9.17, 15) is 25.2 Å². The summed E-state index contributed by atoms with van der Waals surface area (Å²) in [6, 6.07) is 0. The van der Waals surface area contributed by atoms with Gasteiger partial charge in [-0.15, -0.1) is 0 Å². The molecule has 0 rings (SSSR count). The Morgan fingerprint density at radius 2 is 0.848 bits per heavy atom. The zero-order valence-electron chi connectivity index (χ0n) is 30.6. The fourth-order valence-corrected chi connectivity index (χ4v) is 6.17. The molecule has 6 heteroatoms. The summed E-state index contributed by atoms with van der Waals surface area (Å²) in [6.45, 7) is 4.51. The van der Waals surface area contributed by atoms with E-state index in [1.54, 1.807) is 0 Å². The number of unbranched alkanes of at least 4 members (excludes halogenated alkanes) is 25. The fraction of sp³-hybridized carbons (Fsp3) is 0.925. The maximum absolute atomic E-state index is 12.2. The van der Waals surface area contributed by atoms with Gasteiger partial charge in [-0.05, 0) is 38.5 Å². The number of rotatable bonds is 36. The van der Waals surface area contributed by atoms with Gasteiger partial charge >= 0.3 is 0 Å². The van der Waals surface area contributed by atoms with Crippen molar-refractivity contribution >= 4 is 5.91 Å². The summed E-state index contributed by atoms with van der Waals surface area (Å²) in [5, 5.41) is 43.2. The number of carbonyl (C=O) groups excluding carboxylic acids is 1. The fourth-order valence-electron chi connectivity index (χ4n) is 6.17. The maximum Gasteiger partial charge on any atom is 0.250 e. The molecule has 0 radical (unpaired) electrons. The summed E-state index contributed by atoms with van der Waals surface area (Å²) in [4.78, 5) is 12.2. The van der Waals surface area contributed by atoms with E-state index in [0.717, 1.165) is 38.5 Å². The molecule has 0 aromatic heterocycles. The highest BCUT2D eigenvalue weighted by molar-refractivity contribution is 5.80. The molecule has 5 N–H and O–H groups in total. The van der Waals surface area contributed by atoms with Gasteiger partial charge < -0.3 is 25.7 Å². The second kappa shape index (κ2) is 35.4. The van der Waals surface area contributed by atoms with Gasteiger partial charge in [0.2, 0.25) is 0 Å². The Morgan fingerprint density at radius 1 is 0.478 bits per heavy atom. The van der Waals surface area contributed by atoms with Crippen molar-refractivity contribution in [2.24, 2.45) is 0 Å². The van der Waals surface area contributed by atoms with Gasteiger partial charge in [0.05, 0.1) is 12.2 Å². The van der Waals surface area contributed by atoms with Crippen molar-refractivity contribution in [1.29, 1.82) is 0 Å². The molecule has 0 spiro atoms. The average molecular weight is 654 g/mol. The molecule has 0 aliphatic carbocycles.